The molecule has 1 N–H and O–H groups in total. The molecule has 2 aliphatic carbocycles. The van der Waals surface area contributed by atoms with E-state index in [4.69, 9.17) is 4.74 Å². The summed E-state index contributed by atoms with van der Waals surface area (Å²) in [4.78, 5) is 18.3. The van der Waals surface area contributed by atoms with Crippen molar-refractivity contribution in [3.8, 4) is 5.75 Å². The van der Waals surface area contributed by atoms with Crippen LogP contribution in [0.25, 0.3) is 0 Å². The quantitative estimate of drug-likeness (QED) is 0.794. The number of carbonyl (C=O) groups excluding carboxylic acids is 1. The van der Waals surface area contributed by atoms with Crippen LogP contribution in [0.2, 0.25) is 0 Å². The molecule has 4 bridgehead atoms. The molecular weight excluding hydrogens is 400 g/mol. The Morgan fingerprint density at radius 3 is 2.84 bits per heavy atom. The summed E-state index contributed by atoms with van der Waals surface area (Å²) in [5.41, 5.74) is 3.11. The van der Waals surface area contributed by atoms with Crippen molar-refractivity contribution in [3.05, 3.63) is 65.2 Å². The van der Waals surface area contributed by atoms with Gasteiger partial charge < -0.3 is 14.7 Å². The lowest BCUT2D eigenvalue weighted by Crippen LogP contribution is -2.74. The van der Waals surface area contributed by atoms with Crippen molar-refractivity contribution in [2.24, 2.45) is 5.92 Å². The number of phenolic OH excluding ortho intramolecular Hbond substituents is 1. The Morgan fingerprint density at radius 1 is 1.19 bits per heavy atom. The molecule has 3 aliphatic heterocycles. The summed E-state index contributed by atoms with van der Waals surface area (Å²) in [5.74, 6) is 0.775. The van der Waals surface area contributed by atoms with Crippen LogP contribution >= 0.6 is 0 Å². The van der Waals surface area contributed by atoms with E-state index in [0.717, 1.165) is 44.3 Å². The van der Waals surface area contributed by atoms with E-state index in [9.17, 15) is 9.90 Å². The molecule has 166 valence electrons. The minimum absolute atomic E-state index is 0.0720. The summed E-state index contributed by atoms with van der Waals surface area (Å²) in [5, 5.41) is 10.5. The van der Waals surface area contributed by atoms with E-state index in [2.05, 4.69) is 22.8 Å². The van der Waals surface area contributed by atoms with Gasteiger partial charge in [-0.05, 0) is 74.2 Å². The minimum atomic E-state index is -0.199. The van der Waals surface area contributed by atoms with Crippen LogP contribution in [0.5, 0.6) is 5.75 Å². The first kappa shape index (κ1) is 19.1. The van der Waals surface area contributed by atoms with Crippen LogP contribution in [0.15, 0.2) is 48.5 Å². The number of hydrogen-bond donors (Lipinski definition) is 1. The third-order valence-corrected chi connectivity index (χ3v) is 9.54. The number of nitrogens with zero attached hydrogens (tertiary/aromatic N) is 2. The number of ether oxygens (including phenoxy) is 1. The molecule has 1 saturated carbocycles. The predicted octanol–water partition coefficient (Wildman–Crippen LogP) is 3.35. The number of likely N-dealkylation sites (N-methyl/N-ethyl adjacent to an activating group) is 1. The molecule has 2 aromatic carbocycles. The Morgan fingerprint density at radius 2 is 2.03 bits per heavy atom. The van der Waals surface area contributed by atoms with Gasteiger partial charge in [-0.25, -0.2) is 0 Å². The maximum Gasteiger partial charge on any atom is 0.254 e. The highest BCUT2D eigenvalue weighted by Gasteiger charge is 2.77. The molecule has 0 radical (unpaired) electrons. The largest absolute Gasteiger partial charge is 0.508 e. The van der Waals surface area contributed by atoms with Crippen LogP contribution in [-0.2, 0) is 16.6 Å². The zero-order valence-corrected chi connectivity index (χ0v) is 18.5. The number of fused-ring (bicyclic) bond motifs is 1. The van der Waals surface area contributed by atoms with Crippen molar-refractivity contribution < 1.29 is 14.6 Å². The minimum Gasteiger partial charge on any atom is -0.508 e. The van der Waals surface area contributed by atoms with Gasteiger partial charge in [0.25, 0.3) is 5.91 Å². The lowest BCUT2D eigenvalue weighted by molar-refractivity contribution is -0.169. The number of amides is 1. The van der Waals surface area contributed by atoms with E-state index in [1.807, 2.05) is 42.5 Å². The number of phenols is 1. The number of rotatable bonds is 2. The summed E-state index contributed by atoms with van der Waals surface area (Å²) in [7, 11) is 0. The average Bonchev–Trinajstić information content (AvgIpc) is 3.26. The van der Waals surface area contributed by atoms with Gasteiger partial charge in [0.1, 0.15) is 5.75 Å². The fraction of sp³-hybridized carbons (Fsp3) is 0.519. The Labute approximate surface area is 189 Å². The highest BCUT2D eigenvalue weighted by Crippen LogP contribution is 2.69. The topological polar surface area (TPSA) is 53.0 Å². The number of benzene rings is 2. The van der Waals surface area contributed by atoms with E-state index < -0.39 is 0 Å². The van der Waals surface area contributed by atoms with Crippen LogP contribution in [0.3, 0.4) is 0 Å². The Balaban J connectivity index is 1.38. The average molecular weight is 431 g/mol. The maximum atomic E-state index is 13.5. The van der Waals surface area contributed by atoms with Gasteiger partial charge in [0.05, 0.1) is 11.7 Å². The summed E-state index contributed by atoms with van der Waals surface area (Å²) >= 11 is 0. The molecule has 0 spiro atoms. The van der Waals surface area contributed by atoms with E-state index >= 15 is 0 Å². The summed E-state index contributed by atoms with van der Waals surface area (Å²) in [6.07, 6.45) is 4.09. The number of aromatic hydroxyl groups is 1. The van der Waals surface area contributed by atoms with Crippen LogP contribution < -0.4 is 0 Å². The van der Waals surface area contributed by atoms with Gasteiger partial charge in [0.2, 0.25) is 0 Å². The van der Waals surface area contributed by atoms with Gasteiger partial charge in [-0.1, -0.05) is 31.2 Å². The fourth-order valence-corrected chi connectivity index (χ4v) is 8.53. The van der Waals surface area contributed by atoms with Crippen molar-refractivity contribution in [3.63, 3.8) is 0 Å². The Kier molecular flexibility index (Phi) is 3.80. The van der Waals surface area contributed by atoms with Gasteiger partial charge >= 0.3 is 0 Å². The maximum absolute atomic E-state index is 13.5. The van der Waals surface area contributed by atoms with E-state index in [0.29, 0.717) is 24.3 Å². The molecule has 5 aliphatic rings. The van der Waals surface area contributed by atoms with Crippen molar-refractivity contribution in [1.82, 2.24) is 9.80 Å². The molecule has 3 saturated heterocycles. The Bertz CT molecular complexity index is 1100. The third kappa shape index (κ3) is 2.10. The van der Waals surface area contributed by atoms with E-state index in [-0.39, 0.29) is 29.1 Å². The van der Waals surface area contributed by atoms with Crippen LogP contribution in [0.4, 0.5) is 0 Å². The smallest absolute Gasteiger partial charge is 0.254 e. The number of carbonyl (C=O) groups is 1. The van der Waals surface area contributed by atoms with E-state index in [1.54, 1.807) is 0 Å². The molecule has 3 heterocycles. The first-order valence-corrected chi connectivity index (χ1v) is 12.2. The van der Waals surface area contributed by atoms with Crippen LogP contribution in [-0.4, -0.2) is 64.2 Å². The molecule has 6 atom stereocenters. The zero-order chi connectivity index (χ0) is 21.7. The van der Waals surface area contributed by atoms with Gasteiger partial charge in [-0.3, -0.25) is 9.69 Å². The molecule has 0 unspecified atom stereocenters. The molecular formula is C27H30N2O3. The van der Waals surface area contributed by atoms with Crippen molar-refractivity contribution in [2.45, 2.75) is 61.8 Å². The second kappa shape index (κ2) is 6.36. The second-order valence-corrected chi connectivity index (χ2v) is 10.4. The second-order valence-electron chi connectivity index (χ2n) is 10.4. The van der Waals surface area contributed by atoms with Gasteiger partial charge in [-0.2, -0.15) is 0 Å². The molecule has 0 aromatic heterocycles. The molecule has 32 heavy (non-hydrogen) atoms. The lowest BCUT2D eigenvalue weighted by Gasteiger charge is -2.64. The number of likely N-dealkylation sites (tertiary alicyclic amines) is 2. The molecule has 5 heteroatoms. The first-order chi connectivity index (χ1) is 15.6. The van der Waals surface area contributed by atoms with Crippen LogP contribution in [0, 0.1) is 5.92 Å². The normalized spacial score (nSPS) is 39.0. The zero-order valence-electron chi connectivity index (χ0n) is 18.5. The SMILES string of the molecule is CCN1CC[C@@]23c4cc(O)ccc4C[C@@H]1[C@]21CC[C@@H]2[C@H]3[C@@H](CN2C(=O)c2ccccc2)O1. The molecule has 4 fully saturated rings. The summed E-state index contributed by atoms with van der Waals surface area (Å²) in [6.45, 7) is 5.04. The van der Waals surface area contributed by atoms with Gasteiger partial charge in [0.15, 0.2) is 0 Å². The summed E-state index contributed by atoms with van der Waals surface area (Å²) < 4.78 is 7.15. The van der Waals surface area contributed by atoms with Crippen molar-refractivity contribution in [1.29, 1.82) is 0 Å². The van der Waals surface area contributed by atoms with Crippen molar-refractivity contribution >= 4 is 5.91 Å². The van der Waals surface area contributed by atoms with Crippen LogP contribution in [0.1, 0.15) is 47.7 Å². The lowest BCUT2D eigenvalue weighted by atomic mass is 9.46. The molecule has 5 nitrogen and oxygen atoms in total. The number of hydrogen-bond acceptors (Lipinski definition) is 4. The van der Waals surface area contributed by atoms with Gasteiger partial charge in [-0.15, -0.1) is 0 Å². The molecule has 7 rings (SSSR count). The monoisotopic (exact) mass is 430 g/mol. The standard InChI is InChI=1S/C27H30N2O3/c1-2-28-13-12-26-20-15-19(30)9-8-18(20)14-23(28)27(26)11-10-21-24(26)22(32-27)16-29(21)25(31)17-6-4-3-5-7-17/h3-9,15,21-24,30H,2,10-14,16H2,1H3/t21-,22-,23-,24+,26+,27-/m1/s1. The third-order valence-electron chi connectivity index (χ3n) is 9.54. The highest BCUT2D eigenvalue weighted by atomic mass is 16.5. The molecule has 2 aromatic rings. The number of piperidine rings is 1. The van der Waals surface area contributed by atoms with Gasteiger partial charge in [0, 0.05) is 35.5 Å². The highest BCUT2D eigenvalue weighted by molar-refractivity contribution is 5.94. The fourth-order valence-electron chi connectivity index (χ4n) is 8.53. The molecule has 1 amide bonds. The predicted molar refractivity (Wildman–Crippen MR) is 121 cm³/mol. The van der Waals surface area contributed by atoms with Crippen molar-refractivity contribution in [2.75, 3.05) is 19.6 Å². The summed E-state index contributed by atoms with van der Waals surface area (Å²) in [6, 6.07) is 16.3. The first-order valence-electron chi connectivity index (χ1n) is 12.2. The Hall–Kier alpha value is -2.37. The van der Waals surface area contributed by atoms with E-state index in [1.165, 1.54) is 11.1 Å².